The number of halogens is 2. The molecule has 128 valence electrons. The molecule has 2 amide bonds. The predicted octanol–water partition coefficient (Wildman–Crippen LogP) is 3.01. The molecule has 0 bridgehead atoms. The predicted molar refractivity (Wildman–Crippen MR) is 95.8 cm³/mol. The maximum Gasteiger partial charge on any atom is 0.282 e. The van der Waals surface area contributed by atoms with E-state index in [0.29, 0.717) is 0 Å². The topological polar surface area (TPSA) is 52.7 Å². The highest BCUT2D eigenvalue weighted by molar-refractivity contribution is 6.33. The van der Waals surface area contributed by atoms with Gasteiger partial charge in [-0.25, -0.2) is 9.40 Å². The molecule has 1 fully saturated rings. The van der Waals surface area contributed by atoms with Crippen LogP contribution in [0.4, 0.5) is 15.8 Å². The lowest BCUT2D eigenvalue weighted by atomic mass is 10.1. The molecule has 1 N–H and O–H groups in total. The van der Waals surface area contributed by atoms with Gasteiger partial charge in [0.05, 0.1) is 10.7 Å². The summed E-state index contributed by atoms with van der Waals surface area (Å²) >= 11 is 5.74. The lowest BCUT2D eigenvalue weighted by Crippen LogP contribution is -2.35. The van der Waals surface area contributed by atoms with Gasteiger partial charge in [0, 0.05) is 19.8 Å². The van der Waals surface area contributed by atoms with E-state index in [1.807, 2.05) is 43.3 Å². The average molecular weight is 360 g/mol. The number of benzene rings is 2. The van der Waals surface area contributed by atoms with Crippen LogP contribution in [0.15, 0.2) is 48.0 Å². The van der Waals surface area contributed by atoms with Gasteiger partial charge >= 0.3 is 0 Å². The van der Waals surface area contributed by atoms with Crippen molar-refractivity contribution in [3.8, 4) is 0 Å². The molecule has 3 rings (SSSR count). The molecule has 0 atom stereocenters. The number of amides is 2. The van der Waals surface area contributed by atoms with Crippen molar-refractivity contribution in [2.75, 3.05) is 24.0 Å². The number of hydrazine groups is 1. The first kappa shape index (κ1) is 17.0. The van der Waals surface area contributed by atoms with E-state index in [1.165, 1.54) is 18.2 Å². The zero-order chi connectivity index (χ0) is 18.1. The number of nitrogens with zero attached hydrogens (tertiary/aromatic N) is 2. The van der Waals surface area contributed by atoms with Crippen LogP contribution in [0.5, 0.6) is 0 Å². The number of nitrogens with one attached hydrogen (secondary N) is 1. The first-order chi connectivity index (χ1) is 11.9. The molecule has 0 saturated carbocycles. The van der Waals surface area contributed by atoms with Gasteiger partial charge in [-0.05, 0) is 42.0 Å². The smallest absolute Gasteiger partial charge is 0.282 e. The summed E-state index contributed by atoms with van der Waals surface area (Å²) in [6, 6.07) is 11.2. The second kappa shape index (κ2) is 6.57. The second-order valence-corrected chi connectivity index (χ2v) is 6.13. The fraction of sp³-hybridized carbons (Fsp3) is 0.111. The van der Waals surface area contributed by atoms with Crippen LogP contribution in [0.1, 0.15) is 5.56 Å². The molecular weight excluding hydrogens is 345 g/mol. The number of carbonyl (C=O) groups excluding carboxylic acids is 2. The lowest BCUT2D eigenvalue weighted by Gasteiger charge is -2.14. The van der Waals surface area contributed by atoms with Gasteiger partial charge < -0.3 is 4.90 Å². The molecule has 1 saturated heterocycles. The summed E-state index contributed by atoms with van der Waals surface area (Å²) in [5, 5.41) is 0.921. The number of rotatable bonds is 3. The molecule has 7 heteroatoms. The molecule has 0 spiro atoms. The third kappa shape index (κ3) is 3.34. The van der Waals surface area contributed by atoms with Crippen molar-refractivity contribution in [3.63, 3.8) is 0 Å². The molecule has 5 nitrogen and oxygen atoms in total. The van der Waals surface area contributed by atoms with E-state index < -0.39 is 17.6 Å². The summed E-state index contributed by atoms with van der Waals surface area (Å²) in [4.78, 5) is 26.6. The summed E-state index contributed by atoms with van der Waals surface area (Å²) < 4.78 is 13.3. The third-order valence-electron chi connectivity index (χ3n) is 3.77. The van der Waals surface area contributed by atoms with Gasteiger partial charge in [0.15, 0.2) is 0 Å². The average Bonchev–Trinajstić information content (AvgIpc) is 2.86. The van der Waals surface area contributed by atoms with Gasteiger partial charge in [-0.3, -0.25) is 15.0 Å². The van der Waals surface area contributed by atoms with Crippen molar-refractivity contribution in [1.29, 1.82) is 0 Å². The molecule has 0 unspecified atom stereocenters. The largest absolute Gasteiger partial charge is 0.378 e. The number of anilines is 2. The quantitative estimate of drug-likeness (QED) is 0.677. The van der Waals surface area contributed by atoms with Crippen molar-refractivity contribution in [3.05, 3.63) is 64.4 Å². The first-order valence-electron chi connectivity index (χ1n) is 7.46. The van der Waals surface area contributed by atoms with Crippen molar-refractivity contribution in [1.82, 2.24) is 5.43 Å². The summed E-state index contributed by atoms with van der Waals surface area (Å²) in [6.07, 6.45) is 1.52. The van der Waals surface area contributed by atoms with Crippen LogP contribution in [0.2, 0.25) is 5.02 Å². The van der Waals surface area contributed by atoms with Crippen molar-refractivity contribution in [2.24, 2.45) is 0 Å². The Morgan fingerprint density at radius 2 is 1.80 bits per heavy atom. The molecule has 0 aromatic heterocycles. The molecule has 2 aromatic carbocycles. The van der Waals surface area contributed by atoms with Gasteiger partial charge in [0.2, 0.25) is 0 Å². The Morgan fingerprint density at radius 1 is 1.12 bits per heavy atom. The van der Waals surface area contributed by atoms with E-state index in [-0.39, 0.29) is 16.3 Å². The van der Waals surface area contributed by atoms with Crippen LogP contribution in [-0.4, -0.2) is 25.9 Å². The van der Waals surface area contributed by atoms with Crippen LogP contribution in [0, 0.1) is 5.82 Å². The normalized spacial score (nSPS) is 15.7. The highest BCUT2D eigenvalue weighted by Crippen LogP contribution is 2.26. The summed E-state index contributed by atoms with van der Waals surface area (Å²) in [5.74, 6) is -1.65. The third-order valence-corrected chi connectivity index (χ3v) is 4.06. The van der Waals surface area contributed by atoms with Crippen LogP contribution in [0.25, 0.3) is 6.08 Å². The van der Waals surface area contributed by atoms with E-state index in [1.54, 1.807) is 0 Å². The van der Waals surface area contributed by atoms with Crippen molar-refractivity contribution in [2.45, 2.75) is 0 Å². The van der Waals surface area contributed by atoms with Crippen LogP contribution >= 0.6 is 11.6 Å². The minimum atomic E-state index is -0.597. The van der Waals surface area contributed by atoms with Gasteiger partial charge in [-0.2, -0.15) is 0 Å². The molecule has 0 radical (unpaired) electrons. The standard InChI is InChI=1S/C18H15ClFN3O2/c1-22(2)12-5-3-11(4-6-12)9-14-17(24)21-23(18(14)25)13-7-8-16(20)15(19)10-13/h3-10H,1-2H3,(H,21,24). The van der Waals surface area contributed by atoms with Gasteiger partial charge in [0.25, 0.3) is 11.8 Å². The first-order valence-corrected chi connectivity index (χ1v) is 7.84. The Morgan fingerprint density at radius 3 is 2.40 bits per heavy atom. The summed E-state index contributed by atoms with van der Waals surface area (Å²) in [6.45, 7) is 0. The number of hydrogen-bond donors (Lipinski definition) is 1. The molecule has 25 heavy (non-hydrogen) atoms. The fourth-order valence-corrected chi connectivity index (χ4v) is 2.57. The van der Waals surface area contributed by atoms with E-state index in [9.17, 15) is 14.0 Å². The highest BCUT2D eigenvalue weighted by atomic mass is 35.5. The Bertz CT molecular complexity index is 878. The number of hydrogen-bond acceptors (Lipinski definition) is 3. The Hall–Kier alpha value is -2.86. The Labute approximate surface area is 149 Å². The summed E-state index contributed by atoms with van der Waals surface area (Å²) in [5.41, 5.74) is 4.47. The van der Waals surface area contributed by atoms with Gasteiger partial charge in [-0.1, -0.05) is 23.7 Å². The van der Waals surface area contributed by atoms with Crippen molar-refractivity contribution >= 4 is 40.9 Å². The van der Waals surface area contributed by atoms with Crippen LogP contribution in [-0.2, 0) is 9.59 Å². The lowest BCUT2D eigenvalue weighted by molar-refractivity contribution is -0.117. The Balaban J connectivity index is 1.89. The maximum absolute atomic E-state index is 13.3. The van der Waals surface area contributed by atoms with Gasteiger partial charge in [-0.15, -0.1) is 0 Å². The molecule has 1 heterocycles. The molecule has 1 aliphatic heterocycles. The van der Waals surface area contributed by atoms with E-state index in [0.717, 1.165) is 22.3 Å². The second-order valence-electron chi connectivity index (χ2n) is 5.72. The molecule has 2 aromatic rings. The molecular formula is C18H15ClFN3O2. The maximum atomic E-state index is 13.3. The minimum absolute atomic E-state index is 0.00181. The van der Waals surface area contributed by atoms with E-state index in [2.05, 4.69) is 5.43 Å². The Kier molecular flexibility index (Phi) is 4.46. The molecule has 1 aliphatic rings. The van der Waals surface area contributed by atoms with Crippen molar-refractivity contribution < 1.29 is 14.0 Å². The zero-order valence-corrected chi connectivity index (χ0v) is 14.3. The minimum Gasteiger partial charge on any atom is -0.378 e. The highest BCUT2D eigenvalue weighted by Gasteiger charge is 2.34. The van der Waals surface area contributed by atoms with Gasteiger partial charge in [0.1, 0.15) is 11.4 Å². The van der Waals surface area contributed by atoms with Crippen LogP contribution in [0.3, 0.4) is 0 Å². The monoisotopic (exact) mass is 359 g/mol. The zero-order valence-electron chi connectivity index (χ0n) is 13.6. The summed E-state index contributed by atoms with van der Waals surface area (Å²) in [7, 11) is 3.85. The SMILES string of the molecule is CN(C)c1ccc(C=C2C(=O)NN(c3ccc(F)c(Cl)c3)C2=O)cc1. The van der Waals surface area contributed by atoms with E-state index in [4.69, 9.17) is 11.6 Å². The number of carbonyl (C=O) groups is 2. The fourth-order valence-electron chi connectivity index (χ4n) is 2.40. The van der Waals surface area contributed by atoms with E-state index >= 15 is 0 Å². The molecule has 0 aliphatic carbocycles. The van der Waals surface area contributed by atoms with Crippen LogP contribution < -0.4 is 15.3 Å².